The van der Waals surface area contributed by atoms with Crippen LogP contribution in [0.1, 0.15) is 12.5 Å². The summed E-state index contributed by atoms with van der Waals surface area (Å²) < 4.78 is 2.14. The zero-order valence-corrected chi connectivity index (χ0v) is 10.6. The van der Waals surface area contributed by atoms with E-state index in [1.54, 1.807) is 0 Å². The Balaban J connectivity index is 0.00000112. The van der Waals surface area contributed by atoms with Crippen LogP contribution in [-0.4, -0.2) is 0 Å². The lowest BCUT2D eigenvalue weighted by Crippen LogP contribution is -3.00. The zero-order chi connectivity index (χ0) is 9.97. The van der Waals surface area contributed by atoms with Gasteiger partial charge in [0.1, 0.15) is 12.6 Å². The van der Waals surface area contributed by atoms with Crippen LogP contribution in [0, 0.1) is 11.3 Å². The lowest BCUT2D eigenvalue weighted by molar-refractivity contribution is -0.667. The first kappa shape index (κ1) is 11.9. The highest BCUT2D eigenvalue weighted by Gasteiger charge is 2.09. The van der Waals surface area contributed by atoms with Crippen LogP contribution in [0.25, 0.3) is 10.9 Å². The van der Waals surface area contributed by atoms with Gasteiger partial charge in [0, 0.05) is 12.1 Å². The number of nitriles is 1. The molecule has 0 fully saturated rings. The Morgan fingerprint density at radius 1 is 1.27 bits per heavy atom. The van der Waals surface area contributed by atoms with Crippen LogP contribution in [0.2, 0.25) is 0 Å². The van der Waals surface area contributed by atoms with Crippen molar-refractivity contribution in [2.75, 3.05) is 0 Å². The van der Waals surface area contributed by atoms with Crippen molar-refractivity contribution in [2.45, 2.75) is 13.5 Å². The van der Waals surface area contributed by atoms with E-state index in [0.29, 0.717) is 0 Å². The molecule has 0 aliphatic heterocycles. The highest BCUT2D eigenvalue weighted by molar-refractivity contribution is 5.81. The maximum atomic E-state index is 8.94. The van der Waals surface area contributed by atoms with Gasteiger partial charge in [-0.1, -0.05) is 12.1 Å². The number of aryl methyl sites for hydroxylation is 1. The fourth-order valence-corrected chi connectivity index (χ4v) is 1.66. The van der Waals surface area contributed by atoms with Gasteiger partial charge in [0.2, 0.25) is 5.52 Å². The number of pyridine rings is 1. The van der Waals surface area contributed by atoms with Crippen molar-refractivity contribution >= 4 is 10.9 Å². The summed E-state index contributed by atoms with van der Waals surface area (Å²) in [7, 11) is 0. The topological polar surface area (TPSA) is 27.7 Å². The Hall–Kier alpha value is -1.15. The summed E-state index contributed by atoms with van der Waals surface area (Å²) in [6.07, 6.45) is 1.96. The van der Waals surface area contributed by atoms with Crippen molar-refractivity contribution in [2.24, 2.45) is 0 Å². The Kier molecular flexibility index (Phi) is 4.04. The molecular weight excluding hydrogens is 299 g/mol. The number of fused-ring (bicyclic) bond motifs is 1. The molecule has 0 atom stereocenters. The third-order valence-corrected chi connectivity index (χ3v) is 2.39. The van der Waals surface area contributed by atoms with Crippen LogP contribution in [0.4, 0.5) is 0 Å². The average Bonchev–Trinajstić information content (AvgIpc) is 2.27. The number of nitrogens with zero attached hydrogens (tertiary/aromatic N) is 2. The van der Waals surface area contributed by atoms with Crippen molar-refractivity contribution in [3.05, 3.63) is 42.1 Å². The highest BCUT2D eigenvalue weighted by atomic mass is 127. The van der Waals surface area contributed by atoms with Gasteiger partial charge in [-0.15, -0.1) is 0 Å². The minimum atomic E-state index is 0. The molecule has 0 N–H and O–H groups in total. The van der Waals surface area contributed by atoms with Crippen LogP contribution in [0.5, 0.6) is 0 Å². The number of aromatic nitrogens is 1. The summed E-state index contributed by atoms with van der Waals surface area (Å²) >= 11 is 0. The maximum absolute atomic E-state index is 8.94. The van der Waals surface area contributed by atoms with E-state index >= 15 is 0 Å². The molecule has 0 aliphatic rings. The SMILES string of the molecule is CC[n+]1ccc(C#N)c2ccccc21.[I-]. The predicted molar refractivity (Wildman–Crippen MR) is 54.5 cm³/mol. The van der Waals surface area contributed by atoms with Crippen LogP contribution < -0.4 is 28.5 Å². The molecule has 15 heavy (non-hydrogen) atoms. The molecule has 2 nitrogen and oxygen atoms in total. The van der Waals surface area contributed by atoms with Crippen LogP contribution in [-0.2, 0) is 6.54 Å². The van der Waals surface area contributed by atoms with Gasteiger partial charge < -0.3 is 24.0 Å². The van der Waals surface area contributed by atoms with E-state index in [9.17, 15) is 0 Å². The number of halogens is 1. The molecule has 3 heteroatoms. The van der Waals surface area contributed by atoms with Gasteiger partial charge in [0.05, 0.1) is 10.9 Å². The Morgan fingerprint density at radius 2 is 2.00 bits per heavy atom. The van der Waals surface area contributed by atoms with Gasteiger partial charge >= 0.3 is 0 Å². The maximum Gasteiger partial charge on any atom is 0.213 e. The summed E-state index contributed by atoms with van der Waals surface area (Å²) in [6, 6.07) is 12.1. The van der Waals surface area contributed by atoms with Crippen molar-refractivity contribution in [1.29, 1.82) is 5.26 Å². The first-order chi connectivity index (χ1) is 6.86. The second kappa shape index (κ2) is 5.08. The molecule has 2 rings (SSSR count). The van der Waals surface area contributed by atoms with E-state index in [2.05, 4.69) is 17.6 Å². The smallest absolute Gasteiger partial charge is 0.213 e. The molecule has 2 aromatic rings. The molecule has 1 heterocycles. The molecule has 0 saturated carbocycles. The molecule has 0 unspecified atom stereocenters. The molecule has 0 bridgehead atoms. The zero-order valence-electron chi connectivity index (χ0n) is 8.44. The summed E-state index contributed by atoms with van der Waals surface area (Å²) in [6.45, 7) is 3.02. The molecule has 1 aromatic heterocycles. The van der Waals surface area contributed by atoms with Crippen molar-refractivity contribution in [3.8, 4) is 6.07 Å². The Labute approximate surface area is 106 Å². The van der Waals surface area contributed by atoms with Gasteiger partial charge in [-0.05, 0) is 13.0 Å². The van der Waals surface area contributed by atoms with Crippen LogP contribution in [0.15, 0.2) is 36.5 Å². The number of para-hydroxylation sites is 1. The van der Waals surface area contributed by atoms with Gasteiger partial charge in [-0.25, -0.2) is 0 Å². The Bertz CT molecular complexity index is 515. The summed E-state index contributed by atoms with van der Waals surface area (Å²) in [5.74, 6) is 0. The number of rotatable bonds is 1. The fraction of sp³-hybridized carbons (Fsp3) is 0.167. The molecule has 0 aliphatic carbocycles. The molecular formula is C12H11IN2. The largest absolute Gasteiger partial charge is 1.00 e. The normalized spacial score (nSPS) is 9.33. The van der Waals surface area contributed by atoms with Crippen LogP contribution >= 0.6 is 0 Å². The monoisotopic (exact) mass is 310 g/mol. The molecule has 0 saturated heterocycles. The van der Waals surface area contributed by atoms with E-state index in [-0.39, 0.29) is 24.0 Å². The van der Waals surface area contributed by atoms with Crippen molar-refractivity contribution in [3.63, 3.8) is 0 Å². The molecule has 76 valence electrons. The van der Waals surface area contributed by atoms with Gasteiger partial charge in [-0.3, -0.25) is 0 Å². The first-order valence-electron chi connectivity index (χ1n) is 4.68. The van der Waals surface area contributed by atoms with Gasteiger partial charge in [-0.2, -0.15) is 9.83 Å². The predicted octanol–water partition coefficient (Wildman–Crippen LogP) is -0.977. The standard InChI is InChI=1S/C12H11N2.HI/c1-2-14-8-7-10(9-13)11-5-3-4-6-12(11)14;/h3-8H,2H2,1H3;1H/q+1;/p-1. The minimum absolute atomic E-state index is 0. The second-order valence-corrected chi connectivity index (χ2v) is 3.14. The third-order valence-electron chi connectivity index (χ3n) is 2.39. The van der Waals surface area contributed by atoms with E-state index < -0.39 is 0 Å². The van der Waals surface area contributed by atoms with Gasteiger partial charge in [0.25, 0.3) is 0 Å². The van der Waals surface area contributed by atoms with E-state index in [1.807, 2.05) is 36.5 Å². The summed E-state index contributed by atoms with van der Waals surface area (Å²) in [5.41, 5.74) is 1.86. The van der Waals surface area contributed by atoms with E-state index in [4.69, 9.17) is 5.26 Å². The quantitative estimate of drug-likeness (QED) is 0.492. The second-order valence-electron chi connectivity index (χ2n) is 3.14. The Morgan fingerprint density at radius 3 is 2.67 bits per heavy atom. The lowest BCUT2D eigenvalue weighted by Gasteiger charge is -1.99. The number of hydrogen-bond acceptors (Lipinski definition) is 1. The molecule has 0 radical (unpaired) electrons. The molecule has 1 aromatic carbocycles. The van der Waals surface area contributed by atoms with Gasteiger partial charge in [0.15, 0.2) is 6.20 Å². The molecule has 0 amide bonds. The highest BCUT2D eigenvalue weighted by Crippen LogP contribution is 2.13. The van der Waals surface area contributed by atoms with Crippen LogP contribution in [0.3, 0.4) is 0 Å². The summed E-state index contributed by atoms with van der Waals surface area (Å²) in [5, 5.41) is 9.97. The lowest BCUT2D eigenvalue weighted by atomic mass is 10.1. The minimum Gasteiger partial charge on any atom is -1.00 e. The van der Waals surface area contributed by atoms with Crippen molar-refractivity contribution < 1.29 is 28.5 Å². The first-order valence-corrected chi connectivity index (χ1v) is 4.68. The fourth-order valence-electron chi connectivity index (χ4n) is 1.66. The summed E-state index contributed by atoms with van der Waals surface area (Å²) in [4.78, 5) is 0. The van der Waals surface area contributed by atoms with E-state index in [0.717, 1.165) is 23.0 Å². The molecule has 0 spiro atoms. The van der Waals surface area contributed by atoms with Crippen molar-refractivity contribution in [1.82, 2.24) is 0 Å². The van der Waals surface area contributed by atoms with E-state index in [1.165, 1.54) is 0 Å². The number of hydrogen-bond donors (Lipinski definition) is 0. The number of benzene rings is 1. The average molecular weight is 310 g/mol. The third kappa shape index (κ3) is 2.10.